The van der Waals surface area contributed by atoms with E-state index in [1.807, 2.05) is 4.90 Å². The smallest absolute Gasteiger partial charge is 0.222 e. The molecule has 20 heavy (non-hydrogen) atoms. The lowest BCUT2D eigenvalue weighted by Crippen LogP contribution is -2.40. The van der Waals surface area contributed by atoms with E-state index in [-0.39, 0.29) is 17.6 Å². The molecule has 5 heteroatoms. The molecular formula is C15H21FN2O2. The van der Waals surface area contributed by atoms with Gasteiger partial charge in [-0.3, -0.25) is 4.79 Å². The van der Waals surface area contributed by atoms with Crippen LogP contribution in [0, 0.1) is 11.7 Å². The number of nitrogens with one attached hydrogen (secondary N) is 1. The second kappa shape index (κ2) is 6.22. The van der Waals surface area contributed by atoms with Crippen molar-refractivity contribution in [3.8, 4) is 0 Å². The second-order valence-electron chi connectivity index (χ2n) is 5.23. The molecule has 110 valence electrons. The van der Waals surface area contributed by atoms with E-state index in [9.17, 15) is 14.3 Å². The number of hydrogen-bond donors (Lipinski definition) is 2. The van der Waals surface area contributed by atoms with Crippen LogP contribution in [0.2, 0.25) is 0 Å². The maximum absolute atomic E-state index is 14.1. The summed E-state index contributed by atoms with van der Waals surface area (Å²) in [6.07, 6.45) is 0.693. The summed E-state index contributed by atoms with van der Waals surface area (Å²) in [5, 5.41) is 12.4. The van der Waals surface area contributed by atoms with E-state index < -0.39 is 6.10 Å². The molecule has 0 unspecified atom stereocenters. The lowest BCUT2D eigenvalue weighted by molar-refractivity contribution is -0.125. The Labute approximate surface area is 118 Å². The number of carbonyl (C=O) groups excluding carboxylic acids is 1. The first-order valence-electron chi connectivity index (χ1n) is 6.97. The summed E-state index contributed by atoms with van der Waals surface area (Å²) in [4.78, 5) is 13.5. The van der Waals surface area contributed by atoms with Gasteiger partial charge in [-0.15, -0.1) is 0 Å². The maximum Gasteiger partial charge on any atom is 0.222 e. The number of halogens is 1. The van der Waals surface area contributed by atoms with E-state index in [4.69, 9.17) is 0 Å². The highest BCUT2D eigenvalue weighted by atomic mass is 19.1. The zero-order valence-corrected chi connectivity index (χ0v) is 11.9. The first kappa shape index (κ1) is 14.8. The Kier molecular flexibility index (Phi) is 4.60. The number of para-hydroxylation sites is 1. The minimum absolute atomic E-state index is 0.00183. The van der Waals surface area contributed by atoms with Gasteiger partial charge in [0, 0.05) is 31.6 Å². The van der Waals surface area contributed by atoms with Gasteiger partial charge < -0.3 is 15.3 Å². The van der Waals surface area contributed by atoms with Crippen molar-refractivity contribution in [3.05, 3.63) is 29.6 Å². The highest BCUT2D eigenvalue weighted by molar-refractivity contribution is 5.78. The number of amides is 1. The van der Waals surface area contributed by atoms with Gasteiger partial charge in [0.1, 0.15) is 5.82 Å². The number of rotatable bonds is 3. The van der Waals surface area contributed by atoms with Gasteiger partial charge >= 0.3 is 0 Å². The second-order valence-corrected chi connectivity index (χ2v) is 5.23. The molecule has 2 N–H and O–H groups in total. The van der Waals surface area contributed by atoms with Crippen LogP contribution in [0.3, 0.4) is 0 Å². The van der Waals surface area contributed by atoms with Crippen LogP contribution in [0.25, 0.3) is 0 Å². The Bertz CT molecular complexity index is 483. The number of hydrogen-bond acceptors (Lipinski definition) is 3. The van der Waals surface area contributed by atoms with Crippen molar-refractivity contribution in [2.75, 3.05) is 25.0 Å². The minimum Gasteiger partial charge on any atom is -0.389 e. The quantitative estimate of drug-likeness (QED) is 0.888. The Morgan fingerprint density at radius 3 is 2.65 bits per heavy atom. The molecule has 1 atom stereocenters. The van der Waals surface area contributed by atoms with Crippen molar-refractivity contribution < 1.29 is 14.3 Å². The lowest BCUT2D eigenvalue weighted by atomic mass is 9.94. The number of carbonyl (C=O) groups is 1. The summed E-state index contributed by atoms with van der Waals surface area (Å²) in [6, 6.07) is 4.76. The normalized spacial score (nSPS) is 17.9. The van der Waals surface area contributed by atoms with Crippen molar-refractivity contribution in [3.63, 3.8) is 0 Å². The average Bonchev–Trinajstić information content (AvgIpc) is 2.46. The molecule has 1 aliphatic rings. The Hall–Kier alpha value is -1.62. The summed E-state index contributed by atoms with van der Waals surface area (Å²) >= 11 is 0. The zero-order valence-electron chi connectivity index (χ0n) is 11.9. The molecule has 0 aromatic heterocycles. The SMILES string of the molecule is CNC(=O)C1CCN(c2c(F)cccc2[C@@H](C)O)CC1. The fourth-order valence-electron chi connectivity index (χ4n) is 2.77. The van der Waals surface area contributed by atoms with Crippen LogP contribution in [-0.2, 0) is 4.79 Å². The van der Waals surface area contributed by atoms with Gasteiger partial charge in [-0.2, -0.15) is 0 Å². The van der Waals surface area contributed by atoms with Crippen molar-refractivity contribution >= 4 is 11.6 Å². The van der Waals surface area contributed by atoms with Gasteiger partial charge in [0.15, 0.2) is 0 Å². The number of nitrogens with zero attached hydrogens (tertiary/aromatic N) is 1. The number of piperidine rings is 1. The molecule has 0 aliphatic carbocycles. The number of aliphatic hydroxyl groups excluding tert-OH is 1. The molecule has 1 fully saturated rings. The number of aliphatic hydroxyl groups is 1. The fraction of sp³-hybridized carbons (Fsp3) is 0.533. The van der Waals surface area contributed by atoms with Crippen LogP contribution in [0.1, 0.15) is 31.4 Å². The van der Waals surface area contributed by atoms with E-state index in [1.165, 1.54) is 6.07 Å². The van der Waals surface area contributed by atoms with Crippen molar-refractivity contribution in [2.45, 2.75) is 25.9 Å². The zero-order chi connectivity index (χ0) is 14.7. The van der Waals surface area contributed by atoms with Gasteiger partial charge in [-0.25, -0.2) is 4.39 Å². The van der Waals surface area contributed by atoms with Crippen molar-refractivity contribution in [2.24, 2.45) is 5.92 Å². The molecule has 1 aromatic rings. The van der Waals surface area contributed by atoms with Gasteiger partial charge in [0.05, 0.1) is 11.8 Å². The number of benzene rings is 1. The standard InChI is InChI=1S/C15H21FN2O2/c1-10(19)12-4-3-5-13(16)14(12)18-8-6-11(7-9-18)15(20)17-2/h3-5,10-11,19H,6-9H2,1-2H3,(H,17,20)/t10-/m1/s1. The first-order valence-corrected chi connectivity index (χ1v) is 6.97. The van der Waals surface area contributed by atoms with Crippen molar-refractivity contribution in [1.29, 1.82) is 0 Å². The molecule has 0 spiro atoms. The van der Waals surface area contributed by atoms with Gasteiger partial charge in [-0.05, 0) is 25.8 Å². The van der Waals surface area contributed by atoms with E-state index in [0.717, 1.165) is 0 Å². The predicted molar refractivity (Wildman–Crippen MR) is 76.0 cm³/mol. The molecule has 4 nitrogen and oxygen atoms in total. The van der Waals surface area contributed by atoms with Gasteiger partial charge in [-0.1, -0.05) is 12.1 Å². The third-order valence-electron chi connectivity index (χ3n) is 3.90. The largest absolute Gasteiger partial charge is 0.389 e. The summed E-state index contributed by atoms with van der Waals surface area (Å²) in [7, 11) is 1.64. The number of anilines is 1. The molecule has 1 aliphatic heterocycles. The van der Waals surface area contributed by atoms with Crippen LogP contribution < -0.4 is 10.2 Å². The van der Waals surface area contributed by atoms with Crippen LogP contribution >= 0.6 is 0 Å². The third-order valence-corrected chi connectivity index (χ3v) is 3.90. The van der Waals surface area contributed by atoms with E-state index >= 15 is 0 Å². The molecule has 1 aromatic carbocycles. The average molecular weight is 280 g/mol. The predicted octanol–water partition coefficient (Wildman–Crippen LogP) is 1.84. The molecule has 0 bridgehead atoms. The van der Waals surface area contributed by atoms with Crippen LogP contribution in [-0.4, -0.2) is 31.2 Å². The minimum atomic E-state index is -0.711. The van der Waals surface area contributed by atoms with E-state index in [2.05, 4.69) is 5.32 Å². The monoisotopic (exact) mass is 280 g/mol. The summed E-state index contributed by atoms with van der Waals surface area (Å²) < 4.78 is 14.1. The van der Waals surface area contributed by atoms with E-state index in [0.29, 0.717) is 37.2 Å². The Balaban J connectivity index is 2.17. The highest BCUT2D eigenvalue weighted by Gasteiger charge is 2.27. The fourth-order valence-corrected chi connectivity index (χ4v) is 2.77. The van der Waals surface area contributed by atoms with Crippen LogP contribution in [0.15, 0.2) is 18.2 Å². The summed E-state index contributed by atoms with van der Waals surface area (Å²) in [5.74, 6) is -0.270. The molecule has 1 saturated heterocycles. The molecule has 1 amide bonds. The molecule has 0 radical (unpaired) electrons. The Morgan fingerprint density at radius 2 is 2.10 bits per heavy atom. The van der Waals surface area contributed by atoms with Crippen molar-refractivity contribution in [1.82, 2.24) is 5.32 Å². The third kappa shape index (κ3) is 2.93. The van der Waals surface area contributed by atoms with Crippen LogP contribution in [0.4, 0.5) is 10.1 Å². The van der Waals surface area contributed by atoms with Gasteiger partial charge in [0.25, 0.3) is 0 Å². The summed E-state index contributed by atoms with van der Waals surface area (Å²) in [5.41, 5.74) is 1.07. The molecular weight excluding hydrogens is 259 g/mol. The van der Waals surface area contributed by atoms with Crippen LogP contribution in [0.5, 0.6) is 0 Å². The molecule has 1 heterocycles. The highest BCUT2D eigenvalue weighted by Crippen LogP contribution is 2.32. The summed E-state index contributed by atoms with van der Waals surface area (Å²) in [6.45, 7) is 2.88. The van der Waals surface area contributed by atoms with Gasteiger partial charge in [0.2, 0.25) is 5.91 Å². The Morgan fingerprint density at radius 1 is 1.45 bits per heavy atom. The molecule has 0 saturated carbocycles. The van der Waals surface area contributed by atoms with E-state index in [1.54, 1.807) is 26.1 Å². The lowest BCUT2D eigenvalue weighted by Gasteiger charge is -2.34. The maximum atomic E-state index is 14.1. The molecule has 2 rings (SSSR count). The first-order chi connectivity index (χ1) is 9.54. The topological polar surface area (TPSA) is 52.6 Å².